The SMILES string of the molecule is CCCNC(Cc1cc(F)cc(Br)c1)c1cncnc1. The van der Waals surface area contributed by atoms with Gasteiger partial charge in [0.15, 0.2) is 0 Å². The molecule has 2 aromatic rings. The lowest BCUT2D eigenvalue weighted by Gasteiger charge is -2.18. The highest BCUT2D eigenvalue weighted by Gasteiger charge is 2.13. The molecule has 0 aliphatic rings. The molecule has 0 amide bonds. The van der Waals surface area contributed by atoms with Crippen LogP contribution in [0.1, 0.15) is 30.5 Å². The highest BCUT2D eigenvalue weighted by Crippen LogP contribution is 2.21. The molecule has 0 aliphatic carbocycles. The lowest BCUT2D eigenvalue weighted by atomic mass is 10.0. The second kappa shape index (κ2) is 7.45. The fraction of sp³-hybridized carbons (Fsp3) is 0.333. The number of nitrogens with zero attached hydrogens (tertiary/aromatic N) is 2. The summed E-state index contributed by atoms with van der Waals surface area (Å²) in [5.41, 5.74) is 1.95. The molecule has 0 radical (unpaired) electrons. The Morgan fingerprint density at radius 2 is 2.00 bits per heavy atom. The predicted molar refractivity (Wildman–Crippen MR) is 80.9 cm³/mol. The molecule has 0 spiro atoms. The Balaban J connectivity index is 2.19. The molecule has 0 fully saturated rings. The van der Waals surface area contributed by atoms with Crippen LogP contribution in [-0.2, 0) is 6.42 Å². The Bertz CT molecular complexity index is 528. The second-order valence-electron chi connectivity index (χ2n) is 4.66. The van der Waals surface area contributed by atoms with Crippen molar-refractivity contribution in [2.45, 2.75) is 25.8 Å². The van der Waals surface area contributed by atoms with E-state index in [4.69, 9.17) is 0 Å². The van der Waals surface area contributed by atoms with E-state index >= 15 is 0 Å². The molecule has 1 unspecified atom stereocenters. The molecule has 0 aliphatic heterocycles. The number of benzene rings is 1. The van der Waals surface area contributed by atoms with Gasteiger partial charge >= 0.3 is 0 Å². The zero-order valence-electron chi connectivity index (χ0n) is 11.3. The first kappa shape index (κ1) is 15.1. The van der Waals surface area contributed by atoms with Gasteiger partial charge in [0.05, 0.1) is 0 Å². The minimum absolute atomic E-state index is 0.0878. The van der Waals surface area contributed by atoms with E-state index in [1.165, 1.54) is 12.4 Å². The number of nitrogens with one attached hydrogen (secondary N) is 1. The molecule has 1 heterocycles. The van der Waals surface area contributed by atoms with Gasteiger partial charge in [-0.2, -0.15) is 0 Å². The van der Waals surface area contributed by atoms with Crippen LogP contribution in [0.4, 0.5) is 4.39 Å². The lowest BCUT2D eigenvalue weighted by molar-refractivity contribution is 0.524. The summed E-state index contributed by atoms with van der Waals surface area (Å²) in [4.78, 5) is 8.11. The van der Waals surface area contributed by atoms with Crippen LogP contribution >= 0.6 is 15.9 Å². The Hall–Kier alpha value is -1.33. The predicted octanol–water partition coefficient (Wildman–Crippen LogP) is 3.66. The van der Waals surface area contributed by atoms with Crippen molar-refractivity contribution in [2.24, 2.45) is 0 Å². The van der Waals surface area contributed by atoms with Crippen LogP contribution in [0.5, 0.6) is 0 Å². The summed E-state index contributed by atoms with van der Waals surface area (Å²) in [6, 6.07) is 5.05. The second-order valence-corrected chi connectivity index (χ2v) is 5.58. The Morgan fingerprint density at radius 3 is 2.65 bits per heavy atom. The van der Waals surface area contributed by atoms with Crippen molar-refractivity contribution in [3.63, 3.8) is 0 Å². The highest BCUT2D eigenvalue weighted by molar-refractivity contribution is 9.10. The number of hydrogen-bond donors (Lipinski definition) is 1. The van der Waals surface area contributed by atoms with E-state index in [2.05, 4.69) is 38.1 Å². The Labute approximate surface area is 126 Å². The van der Waals surface area contributed by atoms with E-state index in [1.54, 1.807) is 18.5 Å². The third-order valence-electron chi connectivity index (χ3n) is 2.99. The smallest absolute Gasteiger partial charge is 0.124 e. The third-order valence-corrected chi connectivity index (χ3v) is 3.44. The third kappa shape index (κ3) is 4.35. The molecule has 2 rings (SSSR count). The highest BCUT2D eigenvalue weighted by atomic mass is 79.9. The van der Waals surface area contributed by atoms with E-state index in [0.717, 1.165) is 28.6 Å². The van der Waals surface area contributed by atoms with Gasteiger partial charge in [0, 0.05) is 28.5 Å². The fourth-order valence-corrected chi connectivity index (χ4v) is 2.59. The van der Waals surface area contributed by atoms with Gasteiger partial charge in [0.1, 0.15) is 12.1 Å². The monoisotopic (exact) mass is 337 g/mol. The van der Waals surface area contributed by atoms with Crippen molar-refractivity contribution >= 4 is 15.9 Å². The standard InChI is InChI=1S/C15H17BrFN3/c1-2-3-20-15(12-8-18-10-19-9-12)6-11-4-13(16)7-14(17)5-11/h4-5,7-10,15,20H,2-3,6H2,1H3. The molecule has 1 atom stereocenters. The van der Waals surface area contributed by atoms with Crippen molar-refractivity contribution in [2.75, 3.05) is 6.54 Å². The van der Waals surface area contributed by atoms with E-state index < -0.39 is 0 Å². The van der Waals surface area contributed by atoms with E-state index in [-0.39, 0.29) is 11.9 Å². The van der Waals surface area contributed by atoms with Crippen molar-refractivity contribution in [1.29, 1.82) is 0 Å². The summed E-state index contributed by atoms with van der Waals surface area (Å²) in [5, 5.41) is 3.46. The topological polar surface area (TPSA) is 37.8 Å². The first-order valence-corrected chi connectivity index (χ1v) is 7.41. The van der Waals surface area contributed by atoms with Gasteiger partial charge in [-0.3, -0.25) is 0 Å². The molecule has 0 saturated heterocycles. The Kier molecular flexibility index (Phi) is 5.61. The zero-order valence-corrected chi connectivity index (χ0v) is 12.9. The number of halogens is 2. The number of hydrogen-bond acceptors (Lipinski definition) is 3. The average molecular weight is 338 g/mol. The van der Waals surface area contributed by atoms with Gasteiger partial charge in [-0.1, -0.05) is 22.9 Å². The molecule has 0 bridgehead atoms. The first-order chi connectivity index (χ1) is 9.69. The summed E-state index contributed by atoms with van der Waals surface area (Å²) < 4.78 is 14.2. The summed E-state index contributed by atoms with van der Waals surface area (Å²) in [7, 11) is 0. The van der Waals surface area contributed by atoms with Gasteiger partial charge < -0.3 is 5.32 Å². The van der Waals surface area contributed by atoms with Crippen LogP contribution in [0.25, 0.3) is 0 Å². The fourth-order valence-electron chi connectivity index (χ4n) is 2.08. The molecule has 3 nitrogen and oxygen atoms in total. The number of aromatic nitrogens is 2. The van der Waals surface area contributed by atoms with Crippen molar-refractivity contribution in [1.82, 2.24) is 15.3 Å². The van der Waals surface area contributed by atoms with Crippen LogP contribution in [0.2, 0.25) is 0 Å². The Morgan fingerprint density at radius 1 is 1.25 bits per heavy atom. The van der Waals surface area contributed by atoms with Gasteiger partial charge in [-0.15, -0.1) is 0 Å². The van der Waals surface area contributed by atoms with Crippen molar-refractivity contribution in [3.05, 3.63) is 58.3 Å². The maximum absolute atomic E-state index is 13.5. The van der Waals surface area contributed by atoms with Gasteiger partial charge in [0.25, 0.3) is 0 Å². The molecule has 1 aromatic heterocycles. The molecule has 5 heteroatoms. The summed E-state index contributed by atoms with van der Waals surface area (Å²) in [6.07, 6.45) is 6.85. The largest absolute Gasteiger partial charge is 0.310 e. The van der Waals surface area contributed by atoms with Crippen LogP contribution in [0.15, 0.2) is 41.4 Å². The van der Waals surface area contributed by atoms with Crippen LogP contribution < -0.4 is 5.32 Å². The van der Waals surface area contributed by atoms with E-state index in [0.29, 0.717) is 6.42 Å². The molecule has 1 aromatic carbocycles. The van der Waals surface area contributed by atoms with Gasteiger partial charge in [0.2, 0.25) is 0 Å². The van der Waals surface area contributed by atoms with Crippen LogP contribution in [0, 0.1) is 5.82 Å². The first-order valence-electron chi connectivity index (χ1n) is 6.62. The summed E-state index contributed by atoms with van der Waals surface area (Å²) >= 11 is 3.33. The van der Waals surface area contributed by atoms with Crippen LogP contribution in [-0.4, -0.2) is 16.5 Å². The number of rotatable bonds is 6. The molecular weight excluding hydrogens is 321 g/mol. The lowest BCUT2D eigenvalue weighted by Crippen LogP contribution is -2.24. The average Bonchev–Trinajstić information content (AvgIpc) is 2.43. The van der Waals surface area contributed by atoms with E-state index in [9.17, 15) is 4.39 Å². The summed E-state index contributed by atoms with van der Waals surface area (Å²) in [5.74, 6) is -0.229. The van der Waals surface area contributed by atoms with Crippen molar-refractivity contribution < 1.29 is 4.39 Å². The molecule has 1 N–H and O–H groups in total. The maximum Gasteiger partial charge on any atom is 0.124 e. The molecule has 0 saturated carbocycles. The van der Waals surface area contributed by atoms with Gasteiger partial charge in [-0.05, 0) is 43.1 Å². The van der Waals surface area contributed by atoms with E-state index in [1.807, 2.05) is 6.07 Å². The minimum atomic E-state index is -0.229. The quantitative estimate of drug-likeness (QED) is 0.873. The van der Waals surface area contributed by atoms with Crippen molar-refractivity contribution in [3.8, 4) is 0 Å². The minimum Gasteiger partial charge on any atom is -0.310 e. The molecule has 20 heavy (non-hydrogen) atoms. The maximum atomic E-state index is 13.5. The molecule has 106 valence electrons. The zero-order chi connectivity index (χ0) is 14.4. The molecular formula is C15H17BrFN3. The van der Waals surface area contributed by atoms with Crippen LogP contribution in [0.3, 0.4) is 0 Å². The van der Waals surface area contributed by atoms with Gasteiger partial charge in [-0.25, -0.2) is 14.4 Å². The normalized spacial score (nSPS) is 12.3. The summed E-state index contributed by atoms with van der Waals surface area (Å²) in [6.45, 7) is 3.01.